The number of para-hydroxylation sites is 1. The molecule has 1 N–H and O–H groups in total. The molecule has 0 saturated carbocycles. The van der Waals surface area contributed by atoms with Crippen LogP contribution in [-0.2, 0) is 13.2 Å². The fourth-order valence-corrected chi connectivity index (χ4v) is 4.06. The monoisotopic (exact) mass is 537 g/mol. The first kappa shape index (κ1) is 26.3. The second kappa shape index (κ2) is 12.0. The quantitative estimate of drug-likeness (QED) is 0.205. The average molecular weight is 538 g/mol. The van der Waals surface area contributed by atoms with E-state index in [2.05, 4.69) is 5.16 Å². The van der Waals surface area contributed by atoms with Gasteiger partial charge < -0.3 is 19.1 Å². The van der Waals surface area contributed by atoms with Crippen molar-refractivity contribution in [1.82, 2.24) is 5.16 Å². The Morgan fingerprint density at radius 2 is 1.78 bits per heavy atom. The summed E-state index contributed by atoms with van der Waals surface area (Å²) >= 11 is 12.7. The molecule has 190 valence electrons. The van der Waals surface area contributed by atoms with Crippen LogP contribution in [0.2, 0.25) is 10.0 Å². The van der Waals surface area contributed by atoms with Crippen molar-refractivity contribution in [2.24, 2.45) is 0 Å². The van der Waals surface area contributed by atoms with Crippen LogP contribution in [0.25, 0.3) is 12.2 Å². The minimum absolute atomic E-state index is 0.107. The van der Waals surface area contributed by atoms with E-state index in [9.17, 15) is 4.79 Å². The first-order chi connectivity index (χ1) is 17.8. The van der Waals surface area contributed by atoms with Crippen molar-refractivity contribution in [2.45, 2.75) is 33.0 Å². The molecule has 6 nitrogen and oxygen atoms in total. The molecule has 0 bridgehead atoms. The molecule has 1 heterocycles. The zero-order valence-electron chi connectivity index (χ0n) is 20.3. The van der Waals surface area contributed by atoms with Gasteiger partial charge in [0.2, 0.25) is 0 Å². The maximum absolute atomic E-state index is 11.2. The molecular weight excluding hydrogens is 513 g/mol. The molecule has 3 aromatic carbocycles. The van der Waals surface area contributed by atoms with Gasteiger partial charge >= 0.3 is 5.97 Å². The fourth-order valence-electron chi connectivity index (χ4n) is 3.64. The summed E-state index contributed by atoms with van der Waals surface area (Å²) in [6, 6.07) is 19.3. The summed E-state index contributed by atoms with van der Waals surface area (Å²) in [6.45, 7) is 4.46. The van der Waals surface area contributed by atoms with Crippen LogP contribution in [0.4, 0.5) is 0 Å². The minimum atomic E-state index is -0.971. The lowest BCUT2D eigenvalue weighted by molar-refractivity contribution is 0.0697. The Morgan fingerprint density at radius 3 is 2.51 bits per heavy atom. The number of rotatable bonds is 10. The summed E-state index contributed by atoms with van der Waals surface area (Å²) in [7, 11) is 0. The Bertz CT molecular complexity index is 1430. The topological polar surface area (TPSA) is 81.8 Å². The zero-order valence-corrected chi connectivity index (χ0v) is 21.8. The molecule has 0 spiro atoms. The van der Waals surface area contributed by atoms with Crippen molar-refractivity contribution in [3.63, 3.8) is 0 Å². The number of carboxylic acid groups (broad SMARTS) is 1. The number of hydrogen-bond donors (Lipinski definition) is 1. The van der Waals surface area contributed by atoms with E-state index in [1.807, 2.05) is 56.3 Å². The molecule has 0 radical (unpaired) electrons. The van der Waals surface area contributed by atoms with Gasteiger partial charge in [0.15, 0.2) is 0 Å². The SMILES string of the molecule is CC(C)c1onc(COc2ccccc2Cl)c1COc1ccc(/C=C/c2cccc(C(=O)O)c2)c(Cl)c1. The maximum Gasteiger partial charge on any atom is 0.335 e. The number of halogens is 2. The van der Waals surface area contributed by atoms with Crippen molar-refractivity contribution in [2.75, 3.05) is 0 Å². The van der Waals surface area contributed by atoms with Crippen molar-refractivity contribution >= 4 is 41.3 Å². The van der Waals surface area contributed by atoms with E-state index < -0.39 is 5.97 Å². The van der Waals surface area contributed by atoms with Gasteiger partial charge in [-0.1, -0.05) is 78.6 Å². The number of aromatic nitrogens is 1. The maximum atomic E-state index is 11.2. The van der Waals surface area contributed by atoms with Gasteiger partial charge in [0.1, 0.15) is 36.2 Å². The lowest BCUT2D eigenvalue weighted by Crippen LogP contribution is -2.05. The normalized spacial score (nSPS) is 11.3. The number of carboxylic acids is 1. The smallest absolute Gasteiger partial charge is 0.335 e. The first-order valence-corrected chi connectivity index (χ1v) is 12.4. The van der Waals surface area contributed by atoms with Gasteiger partial charge in [0.05, 0.1) is 21.2 Å². The number of hydrogen-bond acceptors (Lipinski definition) is 5. The fraction of sp³-hybridized carbons (Fsp3) is 0.172. The van der Waals surface area contributed by atoms with E-state index in [0.29, 0.717) is 27.2 Å². The summed E-state index contributed by atoms with van der Waals surface area (Å²) < 4.78 is 17.5. The Morgan fingerprint density at radius 1 is 0.973 bits per heavy atom. The van der Waals surface area contributed by atoms with E-state index in [1.54, 1.807) is 36.4 Å². The van der Waals surface area contributed by atoms with Gasteiger partial charge in [-0.05, 0) is 53.6 Å². The van der Waals surface area contributed by atoms with Gasteiger partial charge in [-0.2, -0.15) is 0 Å². The van der Waals surface area contributed by atoms with E-state index >= 15 is 0 Å². The standard InChI is InChI=1S/C29H25Cl2NO5/c1-18(2)28-23(26(32-37-28)17-36-27-9-4-3-8-24(27)30)16-35-22-13-12-20(25(31)15-22)11-10-19-6-5-7-21(14-19)29(33)34/h3-15,18H,16-17H2,1-2H3,(H,33,34)/b11-10+. The lowest BCUT2D eigenvalue weighted by atomic mass is 10.1. The molecule has 0 amide bonds. The highest BCUT2D eigenvalue weighted by Gasteiger charge is 2.20. The third kappa shape index (κ3) is 6.73. The summed E-state index contributed by atoms with van der Waals surface area (Å²) in [6.07, 6.45) is 3.64. The third-order valence-electron chi connectivity index (χ3n) is 5.57. The summed E-state index contributed by atoms with van der Waals surface area (Å²) in [5.41, 5.74) is 3.22. The lowest BCUT2D eigenvalue weighted by Gasteiger charge is -2.11. The molecule has 4 aromatic rings. The highest BCUT2D eigenvalue weighted by atomic mass is 35.5. The van der Waals surface area contributed by atoms with Gasteiger partial charge in [0, 0.05) is 5.92 Å². The molecule has 0 aliphatic rings. The molecule has 1 aromatic heterocycles. The molecule has 0 fully saturated rings. The average Bonchev–Trinajstić information content (AvgIpc) is 3.29. The molecule has 0 saturated heterocycles. The largest absolute Gasteiger partial charge is 0.489 e. The van der Waals surface area contributed by atoms with Crippen LogP contribution in [0.15, 0.2) is 71.3 Å². The van der Waals surface area contributed by atoms with E-state index in [4.69, 9.17) is 42.3 Å². The third-order valence-corrected chi connectivity index (χ3v) is 6.21. The van der Waals surface area contributed by atoms with Crippen molar-refractivity contribution in [3.05, 3.63) is 110 Å². The van der Waals surface area contributed by atoms with Crippen LogP contribution in [0.3, 0.4) is 0 Å². The van der Waals surface area contributed by atoms with Crippen molar-refractivity contribution in [1.29, 1.82) is 0 Å². The van der Waals surface area contributed by atoms with Crippen LogP contribution in [0.1, 0.15) is 58.3 Å². The molecule has 37 heavy (non-hydrogen) atoms. The van der Waals surface area contributed by atoms with Gasteiger partial charge in [-0.15, -0.1) is 0 Å². The Labute approximate surface area is 225 Å². The molecule has 8 heteroatoms. The Balaban J connectivity index is 1.46. The summed E-state index contributed by atoms with van der Waals surface area (Å²) in [5, 5.41) is 14.4. The Kier molecular flexibility index (Phi) is 8.54. The van der Waals surface area contributed by atoms with Gasteiger partial charge in [-0.25, -0.2) is 4.79 Å². The molecule has 4 rings (SSSR count). The number of aromatic carboxylic acids is 1. The number of nitrogens with zero attached hydrogens (tertiary/aromatic N) is 1. The summed E-state index contributed by atoms with van der Waals surface area (Å²) in [5.74, 6) is 1.02. The van der Waals surface area contributed by atoms with Crippen LogP contribution >= 0.6 is 23.2 Å². The van der Waals surface area contributed by atoms with Crippen molar-refractivity contribution in [3.8, 4) is 11.5 Å². The second-order valence-electron chi connectivity index (χ2n) is 8.58. The second-order valence-corrected chi connectivity index (χ2v) is 9.40. The molecule has 0 aliphatic heterocycles. The van der Waals surface area contributed by atoms with Gasteiger partial charge in [-0.3, -0.25) is 0 Å². The molecular formula is C29H25Cl2NO5. The molecule has 0 aliphatic carbocycles. The van der Waals surface area contributed by atoms with E-state index in [-0.39, 0.29) is 24.7 Å². The minimum Gasteiger partial charge on any atom is -0.489 e. The highest BCUT2D eigenvalue weighted by Crippen LogP contribution is 2.29. The van der Waals surface area contributed by atoms with Gasteiger partial charge in [0.25, 0.3) is 0 Å². The predicted molar refractivity (Wildman–Crippen MR) is 144 cm³/mol. The van der Waals surface area contributed by atoms with Crippen LogP contribution < -0.4 is 9.47 Å². The first-order valence-electron chi connectivity index (χ1n) is 11.6. The highest BCUT2D eigenvalue weighted by molar-refractivity contribution is 6.32. The summed E-state index contributed by atoms with van der Waals surface area (Å²) in [4.78, 5) is 11.2. The molecule has 0 atom stereocenters. The van der Waals surface area contributed by atoms with E-state index in [1.165, 1.54) is 0 Å². The van der Waals surface area contributed by atoms with E-state index in [0.717, 1.165) is 22.5 Å². The zero-order chi connectivity index (χ0) is 26.4. The van der Waals surface area contributed by atoms with Crippen molar-refractivity contribution < 1.29 is 23.9 Å². The Hall–Kier alpha value is -3.74. The predicted octanol–water partition coefficient (Wildman–Crippen LogP) is 8.13. The van der Waals surface area contributed by atoms with Crippen LogP contribution in [0.5, 0.6) is 11.5 Å². The number of carbonyl (C=O) groups is 1. The molecule has 0 unspecified atom stereocenters. The van der Waals surface area contributed by atoms with Crippen LogP contribution in [0, 0.1) is 0 Å². The van der Waals surface area contributed by atoms with Crippen LogP contribution in [-0.4, -0.2) is 16.2 Å². The number of ether oxygens (including phenoxy) is 2. The number of benzene rings is 3.